The molecule has 15 heavy (non-hydrogen) atoms. The summed E-state index contributed by atoms with van der Waals surface area (Å²) < 4.78 is 0. The highest BCUT2D eigenvalue weighted by atomic mass is 16.3. The van der Waals surface area contributed by atoms with Gasteiger partial charge in [0.25, 0.3) is 0 Å². The quantitative estimate of drug-likeness (QED) is 0.754. The molecule has 2 unspecified atom stereocenters. The van der Waals surface area contributed by atoms with Gasteiger partial charge in [-0.1, -0.05) is 37.3 Å². The Morgan fingerprint density at radius 3 is 2.53 bits per heavy atom. The third-order valence-electron chi connectivity index (χ3n) is 2.43. The molecule has 3 nitrogen and oxygen atoms in total. The Hall–Kier alpha value is -1.19. The fourth-order valence-corrected chi connectivity index (χ4v) is 1.36. The van der Waals surface area contributed by atoms with Crippen molar-refractivity contribution < 1.29 is 9.90 Å². The van der Waals surface area contributed by atoms with Gasteiger partial charge in [-0.25, -0.2) is 0 Å². The molecular formula is C12H17NO2. The van der Waals surface area contributed by atoms with E-state index in [4.69, 9.17) is 5.73 Å². The molecule has 2 atom stereocenters. The number of ketones is 1. The van der Waals surface area contributed by atoms with E-state index in [1.54, 1.807) is 0 Å². The van der Waals surface area contributed by atoms with Crippen molar-refractivity contribution in [3.8, 4) is 0 Å². The fourth-order valence-electron chi connectivity index (χ4n) is 1.36. The van der Waals surface area contributed by atoms with Crippen molar-refractivity contribution in [3.63, 3.8) is 0 Å². The molecule has 0 spiro atoms. The van der Waals surface area contributed by atoms with E-state index in [-0.39, 0.29) is 12.2 Å². The molecule has 3 N–H and O–H groups in total. The molecule has 0 aliphatic rings. The monoisotopic (exact) mass is 207 g/mol. The van der Waals surface area contributed by atoms with Gasteiger partial charge in [0.15, 0.2) is 5.78 Å². The molecule has 1 aromatic rings. The number of aliphatic hydroxyl groups is 1. The summed E-state index contributed by atoms with van der Waals surface area (Å²) >= 11 is 0. The lowest BCUT2D eigenvalue weighted by molar-refractivity contribution is -0.127. The van der Waals surface area contributed by atoms with E-state index in [1.165, 1.54) is 0 Å². The Kier molecular flexibility index (Phi) is 4.46. The van der Waals surface area contributed by atoms with Crippen molar-refractivity contribution in [1.29, 1.82) is 0 Å². The van der Waals surface area contributed by atoms with Crippen molar-refractivity contribution in [2.24, 2.45) is 5.73 Å². The van der Waals surface area contributed by atoms with Crippen molar-refractivity contribution >= 4 is 5.78 Å². The molecule has 0 fully saturated rings. The van der Waals surface area contributed by atoms with E-state index < -0.39 is 12.1 Å². The number of rotatable bonds is 5. The zero-order valence-electron chi connectivity index (χ0n) is 8.89. The van der Waals surface area contributed by atoms with Crippen LogP contribution in [0, 0.1) is 0 Å². The second kappa shape index (κ2) is 5.63. The summed E-state index contributed by atoms with van der Waals surface area (Å²) in [5, 5.41) is 9.57. The van der Waals surface area contributed by atoms with Crippen LogP contribution in [0.5, 0.6) is 0 Å². The van der Waals surface area contributed by atoms with Crippen LogP contribution in [0.15, 0.2) is 30.3 Å². The van der Waals surface area contributed by atoms with Crippen molar-refractivity contribution in [2.45, 2.75) is 31.9 Å². The average Bonchev–Trinajstić information content (AvgIpc) is 2.28. The molecule has 3 heteroatoms. The largest absolute Gasteiger partial charge is 0.384 e. The van der Waals surface area contributed by atoms with Crippen molar-refractivity contribution in [1.82, 2.24) is 0 Å². The van der Waals surface area contributed by atoms with Crippen LogP contribution in [0.2, 0.25) is 0 Å². The minimum atomic E-state index is -1.05. The van der Waals surface area contributed by atoms with Crippen molar-refractivity contribution in [3.05, 3.63) is 35.9 Å². The number of benzene rings is 1. The number of hydrogen-bond acceptors (Lipinski definition) is 3. The number of aliphatic hydroxyl groups excluding tert-OH is 1. The van der Waals surface area contributed by atoms with Gasteiger partial charge in [0, 0.05) is 12.5 Å². The van der Waals surface area contributed by atoms with Gasteiger partial charge in [0.2, 0.25) is 0 Å². The molecule has 1 rings (SSSR count). The molecule has 0 aromatic heterocycles. The molecule has 0 aliphatic heterocycles. The lowest BCUT2D eigenvalue weighted by Gasteiger charge is -2.15. The van der Waals surface area contributed by atoms with Crippen LogP contribution in [0.3, 0.4) is 0 Å². The van der Waals surface area contributed by atoms with Gasteiger partial charge in [-0.3, -0.25) is 4.79 Å². The lowest BCUT2D eigenvalue weighted by Crippen LogP contribution is -2.40. The zero-order valence-corrected chi connectivity index (χ0v) is 8.89. The van der Waals surface area contributed by atoms with E-state index in [2.05, 4.69) is 0 Å². The summed E-state index contributed by atoms with van der Waals surface area (Å²) in [7, 11) is 0. The summed E-state index contributed by atoms with van der Waals surface area (Å²) in [5.74, 6) is -0.212. The van der Waals surface area contributed by atoms with E-state index in [0.29, 0.717) is 6.42 Å². The highest BCUT2D eigenvalue weighted by molar-refractivity contribution is 5.85. The first-order valence-electron chi connectivity index (χ1n) is 5.15. The van der Waals surface area contributed by atoms with E-state index in [9.17, 15) is 9.90 Å². The molecule has 0 radical (unpaired) electrons. The number of hydrogen-bond donors (Lipinski definition) is 2. The van der Waals surface area contributed by atoms with Gasteiger partial charge < -0.3 is 10.8 Å². The predicted molar refractivity (Wildman–Crippen MR) is 59.4 cm³/mol. The second-order valence-corrected chi connectivity index (χ2v) is 3.65. The maximum atomic E-state index is 11.6. The normalized spacial score (nSPS) is 14.6. The third-order valence-corrected chi connectivity index (χ3v) is 2.43. The predicted octanol–water partition coefficient (Wildman–Crippen LogP) is 0.896. The molecular weight excluding hydrogens is 190 g/mol. The Bertz CT molecular complexity index is 311. The second-order valence-electron chi connectivity index (χ2n) is 3.65. The van der Waals surface area contributed by atoms with Gasteiger partial charge in [-0.05, 0) is 12.0 Å². The van der Waals surface area contributed by atoms with Gasteiger partial charge >= 0.3 is 0 Å². The first-order valence-corrected chi connectivity index (χ1v) is 5.15. The Balaban J connectivity index is 2.56. The number of carbonyl (C=O) groups is 1. The number of Topliss-reactive ketones (excluding diaryl/α,β-unsaturated/α-hetero) is 1. The third kappa shape index (κ3) is 3.46. The minimum absolute atomic E-state index is 0.212. The summed E-state index contributed by atoms with van der Waals surface area (Å²) in [6, 6.07) is 8.90. The van der Waals surface area contributed by atoms with Gasteiger partial charge in [0.1, 0.15) is 6.10 Å². The number of nitrogens with two attached hydrogens (primary N) is 1. The van der Waals surface area contributed by atoms with Crippen LogP contribution in [-0.2, 0) is 11.2 Å². The maximum absolute atomic E-state index is 11.6. The van der Waals surface area contributed by atoms with E-state index in [1.807, 2.05) is 37.3 Å². The molecule has 0 saturated heterocycles. The average molecular weight is 207 g/mol. The lowest BCUT2D eigenvalue weighted by atomic mass is 10.00. The smallest absolute Gasteiger partial charge is 0.167 e. The topological polar surface area (TPSA) is 63.3 Å². The summed E-state index contributed by atoms with van der Waals surface area (Å²) in [6.07, 6.45) is -0.201. The fraction of sp³-hybridized carbons (Fsp3) is 0.417. The first kappa shape index (κ1) is 11.9. The van der Waals surface area contributed by atoms with Crippen LogP contribution in [0.4, 0.5) is 0 Å². The van der Waals surface area contributed by atoms with Gasteiger partial charge in [-0.2, -0.15) is 0 Å². The number of carbonyl (C=O) groups excluding carboxylic acids is 1. The first-order chi connectivity index (χ1) is 7.15. The minimum Gasteiger partial charge on any atom is -0.384 e. The molecule has 0 bridgehead atoms. The van der Waals surface area contributed by atoms with Crippen LogP contribution in [-0.4, -0.2) is 23.0 Å². The molecule has 1 aromatic carbocycles. The van der Waals surface area contributed by atoms with E-state index in [0.717, 1.165) is 5.56 Å². The summed E-state index contributed by atoms with van der Waals surface area (Å²) in [5.41, 5.74) is 6.51. The van der Waals surface area contributed by atoms with Crippen LogP contribution in [0.25, 0.3) is 0 Å². The van der Waals surface area contributed by atoms with E-state index >= 15 is 0 Å². The summed E-state index contributed by atoms with van der Waals surface area (Å²) in [4.78, 5) is 11.6. The van der Waals surface area contributed by atoms with Gasteiger partial charge in [0.05, 0.1) is 0 Å². The molecule has 0 aliphatic carbocycles. The van der Waals surface area contributed by atoms with Crippen LogP contribution >= 0.6 is 0 Å². The highest BCUT2D eigenvalue weighted by Gasteiger charge is 2.21. The Morgan fingerprint density at radius 1 is 1.40 bits per heavy atom. The van der Waals surface area contributed by atoms with Crippen LogP contribution in [0.1, 0.15) is 18.9 Å². The maximum Gasteiger partial charge on any atom is 0.167 e. The highest BCUT2D eigenvalue weighted by Crippen LogP contribution is 2.05. The molecule has 0 amide bonds. The zero-order chi connectivity index (χ0) is 11.3. The Labute approximate surface area is 89.9 Å². The molecule has 0 saturated carbocycles. The molecule has 82 valence electrons. The Morgan fingerprint density at radius 2 is 2.00 bits per heavy atom. The van der Waals surface area contributed by atoms with Crippen molar-refractivity contribution in [2.75, 3.05) is 0 Å². The SMILES string of the molecule is CCC(N)C(O)C(=O)Cc1ccccc1. The molecule has 0 heterocycles. The standard InChI is InChI=1S/C12H17NO2/c1-2-10(13)12(15)11(14)8-9-6-4-3-5-7-9/h3-7,10,12,15H,2,8,13H2,1H3. The van der Waals surface area contributed by atoms with Crippen LogP contribution < -0.4 is 5.73 Å². The summed E-state index contributed by atoms with van der Waals surface area (Å²) in [6.45, 7) is 1.85. The van der Waals surface area contributed by atoms with Gasteiger partial charge in [-0.15, -0.1) is 0 Å².